The van der Waals surface area contributed by atoms with Crippen LogP contribution in [0.15, 0.2) is 161 Å². The predicted molar refractivity (Wildman–Crippen MR) is 484 cm³/mol. The van der Waals surface area contributed by atoms with Gasteiger partial charge in [0.2, 0.25) is 41.3 Å². The number of carbonyl (C=O) groups is 11. The molecule has 0 spiro atoms. The number of ketones is 2. The number of hydrogen-bond donors (Lipinski definition) is 5. The normalized spacial score (nSPS) is 21.0. The highest BCUT2D eigenvalue weighted by atomic mass is 16.6. The second-order valence-electron chi connectivity index (χ2n) is 39.5. The first-order chi connectivity index (χ1) is 60.6. The van der Waals surface area contributed by atoms with E-state index in [1.54, 1.807) is 159 Å². The number of fused-ring (bicyclic) bond motifs is 2. The number of likely N-dealkylation sites (N-methyl/N-ethyl adjacent to an activating group) is 2. The maximum absolute atomic E-state index is 15.7. The summed E-state index contributed by atoms with van der Waals surface area (Å²) in [6.07, 6.45) is 3.62. The zero-order valence-electron chi connectivity index (χ0n) is 77.5. The van der Waals surface area contributed by atoms with Gasteiger partial charge in [0, 0.05) is 52.4 Å². The average molecular weight is 1770 g/mol. The van der Waals surface area contributed by atoms with E-state index in [4.69, 9.17) is 28.1 Å². The van der Waals surface area contributed by atoms with Crippen LogP contribution in [0.25, 0.3) is 21.5 Å². The van der Waals surface area contributed by atoms with E-state index >= 15 is 28.8 Å². The first kappa shape index (κ1) is 97.1. The maximum atomic E-state index is 15.7. The molecule has 1 unspecified atom stereocenters. The number of ether oxygens (including phenoxy) is 5. The molecule has 0 radical (unpaired) electrons. The van der Waals surface area contributed by atoms with Gasteiger partial charge in [0.05, 0.1) is 30.2 Å². The third kappa shape index (κ3) is 26.3. The minimum Gasteiger partial charge on any atom is -0.490 e. The second kappa shape index (κ2) is 40.8. The Bertz CT molecular complexity index is 5470. The number of rotatable bonds is 14. The second-order valence-corrected chi connectivity index (χ2v) is 39.5. The number of carbonyl (C=O) groups excluding carboxylic acids is 11. The monoisotopic (exact) mass is 1770 g/mol. The van der Waals surface area contributed by atoms with Crippen LogP contribution in [0.1, 0.15) is 196 Å². The molecule has 6 aliphatic heterocycles. The van der Waals surface area contributed by atoms with Gasteiger partial charge in [0.15, 0.2) is 11.6 Å². The number of nitrogens with one attached hydrogen (secondary N) is 5. The molecule has 0 saturated carbocycles. The first-order valence-electron chi connectivity index (χ1n) is 44.1. The predicted octanol–water partition coefficient (Wildman–Crippen LogP) is 12.0. The fourth-order valence-corrected chi connectivity index (χ4v) is 16.1. The average Bonchev–Trinajstić information content (AvgIpc) is 1.65. The molecule has 2 fully saturated rings. The molecule has 5 N–H and O–H groups in total. The van der Waals surface area contributed by atoms with Crippen LogP contribution >= 0.6 is 0 Å². The molecule has 12 atom stereocenters. The molecule has 31 heteroatoms. The molecule has 129 heavy (non-hydrogen) atoms. The van der Waals surface area contributed by atoms with Crippen molar-refractivity contribution >= 4 is 86.7 Å². The number of esters is 1. The van der Waals surface area contributed by atoms with Gasteiger partial charge in [-0.05, 0) is 199 Å². The van der Waals surface area contributed by atoms with E-state index in [9.17, 15) is 28.8 Å². The van der Waals surface area contributed by atoms with Crippen LogP contribution in [0.3, 0.4) is 0 Å². The van der Waals surface area contributed by atoms with E-state index in [-0.39, 0.29) is 89.5 Å². The van der Waals surface area contributed by atoms with Gasteiger partial charge in [-0.25, -0.2) is 24.2 Å². The number of hydrogen-bond acceptors (Lipinski definition) is 21. The van der Waals surface area contributed by atoms with E-state index in [2.05, 4.69) is 41.8 Å². The number of amides is 8. The van der Waals surface area contributed by atoms with Gasteiger partial charge in [-0.3, -0.25) is 53.0 Å². The summed E-state index contributed by atoms with van der Waals surface area (Å²) in [7, 11) is 2.85. The van der Waals surface area contributed by atoms with Gasteiger partial charge < -0.3 is 59.2 Å². The summed E-state index contributed by atoms with van der Waals surface area (Å²) in [5, 5.41) is 31.2. The van der Waals surface area contributed by atoms with Crippen molar-refractivity contribution < 1.29 is 80.8 Å². The number of aromatic nitrogens is 5. The molecule has 6 aromatic carbocycles. The number of nitrogens with zero attached hydrogens (tertiary/aromatic N) is 8. The Hall–Kier alpha value is -12.6. The van der Waals surface area contributed by atoms with Crippen LogP contribution in [0.4, 0.5) is 9.59 Å². The minimum absolute atomic E-state index is 0.0101. The molecule has 2 aromatic heterocycles. The quantitative estimate of drug-likeness (QED) is 0.0383. The number of likely N-dealkylation sites (tertiary alicyclic amines) is 2. The molecule has 31 nitrogen and oxygen atoms in total. The summed E-state index contributed by atoms with van der Waals surface area (Å²) in [6, 6.07) is 30.3. The van der Waals surface area contributed by atoms with Crippen LogP contribution in [-0.2, 0) is 89.7 Å². The number of benzene rings is 6. The van der Waals surface area contributed by atoms with Crippen molar-refractivity contribution in [1.29, 1.82) is 0 Å². The van der Waals surface area contributed by atoms with Crippen molar-refractivity contribution in [3.8, 4) is 11.5 Å². The van der Waals surface area contributed by atoms with Gasteiger partial charge >= 0.3 is 23.9 Å². The van der Waals surface area contributed by atoms with Crippen LogP contribution in [0.2, 0.25) is 0 Å². The third-order valence-electron chi connectivity index (χ3n) is 23.4. The fourth-order valence-electron chi connectivity index (χ4n) is 16.1. The van der Waals surface area contributed by atoms with Gasteiger partial charge in [0.1, 0.15) is 83.5 Å². The van der Waals surface area contributed by atoms with Crippen molar-refractivity contribution in [2.45, 2.75) is 259 Å². The summed E-state index contributed by atoms with van der Waals surface area (Å²) >= 11 is 0. The van der Waals surface area contributed by atoms with Crippen LogP contribution < -0.4 is 36.5 Å². The van der Waals surface area contributed by atoms with Gasteiger partial charge in [-0.2, -0.15) is 0 Å². The van der Waals surface area contributed by atoms with Crippen molar-refractivity contribution in [3.63, 3.8) is 0 Å². The highest BCUT2D eigenvalue weighted by Crippen LogP contribution is 2.36. The van der Waals surface area contributed by atoms with E-state index < -0.39 is 165 Å². The molecule has 8 aromatic rings. The lowest BCUT2D eigenvalue weighted by Crippen LogP contribution is -2.60. The minimum atomic E-state index is -1.31. The Morgan fingerprint density at radius 2 is 1.00 bits per heavy atom. The molecular formula is C98H125N13O18. The number of aromatic amines is 1. The fraction of sp³-hybridized carbons (Fsp3) is 0.500. The molecular weight excluding hydrogens is 1650 g/mol. The van der Waals surface area contributed by atoms with Crippen molar-refractivity contribution in [1.82, 2.24) is 66.1 Å². The zero-order chi connectivity index (χ0) is 93.9. The van der Waals surface area contributed by atoms with E-state index in [0.717, 1.165) is 31.3 Å². The Morgan fingerprint density at radius 3 is 1.48 bits per heavy atom. The Kier molecular flexibility index (Phi) is 30.7. The summed E-state index contributed by atoms with van der Waals surface area (Å²) < 4.78 is 37.0. The lowest BCUT2D eigenvalue weighted by molar-refractivity contribution is -0.161. The molecule has 6 aliphatic rings. The smallest absolute Gasteiger partial charge is 0.434 e. The SMILES string of the molecule is C[C@@H](C(=O)N[C@H](C(=O)N1C[C@@H]2C[C@H]1C(=O)NC(Cc1ccc3ccccc3c1)C(=O)C[C@H](c1n[nH]c(=O)o1)Cc1ccc(cc1)OC/C=C/C[C@H]1C[C@@H](C(=O)N[C@@H](Cc3ccc4ccccc4c3)C(=O)C[C@H](C(=O)OC(C)(C)C)Cc3ccc(cc3)OCc3cn2nn3)N(C(=O)[C@@H](NC(=O)[C@H](C)N(C)C(=O)OC(C)(C)C)C(C)(C)C)C1)C(C)(C)C)N(C)C(=O)OC(C)(C)C. The first-order valence-corrected chi connectivity index (χ1v) is 44.1. The summed E-state index contributed by atoms with van der Waals surface area (Å²) in [5.74, 6) is -7.89. The number of Topliss-reactive ketones (excluding diaryl/α,β-unsaturated/α-hetero) is 2. The number of allylic oxidation sites excluding steroid dienone is 1. The van der Waals surface area contributed by atoms with Crippen LogP contribution in [0.5, 0.6) is 11.5 Å². The lowest BCUT2D eigenvalue weighted by atomic mass is 9.85. The van der Waals surface area contributed by atoms with Crippen molar-refractivity contribution in [2.24, 2.45) is 22.7 Å². The highest BCUT2D eigenvalue weighted by Gasteiger charge is 2.50. The number of H-pyrrole nitrogens is 1. The lowest BCUT2D eigenvalue weighted by Gasteiger charge is -2.37. The molecule has 14 rings (SSSR count). The van der Waals surface area contributed by atoms with E-state index in [1.165, 1.54) is 42.4 Å². The Morgan fingerprint density at radius 1 is 0.535 bits per heavy atom. The molecule has 8 amide bonds. The third-order valence-corrected chi connectivity index (χ3v) is 23.4. The summed E-state index contributed by atoms with van der Waals surface area (Å²) in [4.78, 5) is 182. The van der Waals surface area contributed by atoms with Gasteiger partial charge in [-0.15, -0.1) is 10.2 Å². The molecule has 690 valence electrons. The molecule has 0 aliphatic carbocycles. The van der Waals surface area contributed by atoms with Gasteiger partial charge in [-0.1, -0.05) is 168 Å². The largest absolute Gasteiger partial charge is 0.490 e. The van der Waals surface area contributed by atoms with Gasteiger partial charge in [0.25, 0.3) is 0 Å². The van der Waals surface area contributed by atoms with E-state index in [0.29, 0.717) is 45.9 Å². The standard InChI is InChI=1S/C98H125N13O18/c1-58(107(18)92(122)128-97(12,13)14)83(114)101-81(94(3,4)5)88(118)109-54-64-26-24-25-43-124-73-39-33-60(34-40-73)44-69(87-104-105-91(121)126-87)51-79(112)75(48-62-31-37-65-27-20-22-29-67(65)46-62)100-86(117)78-53-72(56-110(78)89(119)82(95(6,7)8)102-84(115)59(2)108(19)93(123)129-98(15,16)17)111-55-71(103-106-111)57-125-74-41-35-61(36-42-74)45-70(90(120)127-96(9,10)11)52-80(113)76(99-85(116)77(109)50-64)49-63-32-38-66-28-21-23-30-68(66)47-63/h20-25,27-42,46-47,55,58-59,64,69-70,72,75-78,81-82H,26,43-45,48-54,56-57H2,1-19H3,(H,99,116)(H,100,117)(H,101,114)(H,102,115)(H,105,121)/b25-24+/t58-,59-,64-,69+,70+,72-,75?,76-,77-,78-,81+,82+/m0/s1. The van der Waals surface area contributed by atoms with Crippen LogP contribution in [0, 0.1) is 22.7 Å². The Balaban J connectivity index is 0.942. The summed E-state index contributed by atoms with van der Waals surface area (Å²) in [6.45, 7) is 28.9. The molecule has 2 saturated heterocycles. The topological polar surface area (TPSA) is 385 Å². The maximum Gasteiger partial charge on any atom is 0.434 e. The van der Waals surface area contributed by atoms with Crippen molar-refractivity contribution in [2.75, 3.05) is 33.8 Å². The summed E-state index contributed by atoms with van der Waals surface area (Å²) in [5.41, 5.74) is -1.66. The Labute approximate surface area is 753 Å². The molecule has 10 bridgehead atoms. The zero-order valence-corrected chi connectivity index (χ0v) is 77.5. The van der Waals surface area contributed by atoms with Crippen molar-refractivity contribution in [3.05, 3.63) is 196 Å². The highest BCUT2D eigenvalue weighted by molar-refractivity contribution is 5.99. The van der Waals surface area contributed by atoms with Crippen LogP contribution in [-0.4, -0.2) is 209 Å². The molecule has 8 heterocycles. The van der Waals surface area contributed by atoms with E-state index in [1.807, 2.05) is 97.1 Å².